The van der Waals surface area contributed by atoms with E-state index in [-0.39, 0.29) is 0 Å². The van der Waals surface area contributed by atoms with Crippen molar-refractivity contribution < 1.29 is 9.26 Å². The van der Waals surface area contributed by atoms with Crippen LogP contribution in [0, 0.1) is 13.8 Å². The summed E-state index contributed by atoms with van der Waals surface area (Å²) in [6.07, 6.45) is 3.70. The van der Waals surface area contributed by atoms with Crippen molar-refractivity contribution >= 4 is 28.3 Å². The van der Waals surface area contributed by atoms with Crippen LogP contribution in [0.2, 0.25) is 5.02 Å². The smallest absolute Gasteiger partial charge is 0.165 e. The Morgan fingerprint density at radius 2 is 1.97 bits per heavy atom. The van der Waals surface area contributed by atoms with Crippen molar-refractivity contribution in [2.75, 3.05) is 19.0 Å². The Morgan fingerprint density at radius 1 is 1.09 bits per heavy atom. The summed E-state index contributed by atoms with van der Waals surface area (Å²) < 4.78 is 12.4. The van der Waals surface area contributed by atoms with E-state index in [1.807, 2.05) is 61.1 Å². The Kier molecular flexibility index (Phi) is 6.48. The fourth-order valence-electron chi connectivity index (χ4n) is 4.06. The van der Waals surface area contributed by atoms with Gasteiger partial charge in [-0.25, -0.2) is 9.97 Å². The molecule has 2 aromatic carbocycles. The van der Waals surface area contributed by atoms with Crippen molar-refractivity contribution in [1.29, 1.82) is 0 Å². The van der Waals surface area contributed by atoms with Gasteiger partial charge in [0.1, 0.15) is 11.6 Å². The number of hydrogen-bond acceptors (Lipinski definition) is 7. The first-order valence-electron chi connectivity index (χ1n) is 11.3. The summed E-state index contributed by atoms with van der Waals surface area (Å²) in [7, 11) is 1.67. The first-order chi connectivity index (χ1) is 17.0. The average Bonchev–Trinajstić information content (AvgIpc) is 3.47. The number of benzene rings is 2. The molecule has 0 amide bonds. The Morgan fingerprint density at radius 3 is 2.74 bits per heavy atom. The highest BCUT2D eigenvalue weighted by atomic mass is 35.5. The summed E-state index contributed by atoms with van der Waals surface area (Å²) in [5.41, 5.74) is 5.54. The number of anilines is 1. The summed E-state index contributed by atoms with van der Waals surface area (Å²) >= 11 is 6.19. The van der Waals surface area contributed by atoms with Gasteiger partial charge in [0.15, 0.2) is 5.82 Å². The molecule has 8 nitrogen and oxygen atoms in total. The van der Waals surface area contributed by atoms with E-state index in [0.29, 0.717) is 30.5 Å². The SMILES string of the molecule is COCCn1cc(-c2nc(NCc3cccc(Cl)c3)c3cc(-c4c(C)noc4C)ccc3n2)cn1. The number of aromatic nitrogens is 5. The van der Waals surface area contributed by atoms with Gasteiger partial charge >= 0.3 is 0 Å². The minimum Gasteiger partial charge on any atom is -0.383 e. The predicted octanol–water partition coefficient (Wildman–Crippen LogP) is 5.68. The zero-order valence-electron chi connectivity index (χ0n) is 19.7. The number of fused-ring (bicyclic) bond motifs is 1. The third kappa shape index (κ3) is 4.89. The molecular formula is C26H25ClN6O2. The lowest BCUT2D eigenvalue weighted by atomic mass is 10.0. The Labute approximate surface area is 207 Å². The number of nitrogens with one attached hydrogen (secondary N) is 1. The van der Waals surface area contributed by atoms with Crippen molar-refractivity contribution in [3.05, 3.63) is 76.9 Å². The molecule has 0 radical (unpaired) electrons. The van der Waals surface area contributed by atoms with E-state index in [2.05, 4.69) is 21.6 Å². The van der Waals surface area contributed by atoms with Crippen LogP contribution in [0.1, 0.15) is 17.0 Å². The summed E-state index contributed by atoms with van der Waals surface area (Å²) in [6, 6.07) is 13.9. The monoisotopic (exact) mass is 488 g/mol. The van der Waals surface area contributed by atoms with Crippen LogP contribution in [-0.2, 0) is 17.8 Å². The Balaban J connectivity index is 1.58. The van der Waals surface area contributed by atoms with E-state index >= 15 is 0 Å². The Hall–Kier alpha value is -3.75. The lowest BCUT2D eigenvalue weighted by Crippen LogP contribution is -2.05. The summed E-state index contributed by atoms with van der Waals surface area (Å²) in [4.78, 5) is 9.73. The van der Waals surface area contributed by atoms with Gasteiger partial charge in [-0.2, -0.15) is 5.10 Å². The standard InChI is InChI=1S/C26H25ClN6O2/c1-16-24(17(2)35-32-16)19-7-8-23-22(12-19)26(28-13-18-5-4-6-21(27)11-18)31-25(30-23)20-14-29-33(15-20)9-10-34-3/h4-8,11-12,14-15H,9-10,13H2,1-3H3,(H,28,30,31). The molecule has 35 heavy (non-hydrogen) atoms. The van der Waals surface area contributed by atoms with Crippen molar-refractivity contribution in [2.45, 2.75) is 26.9 Å². The third-order valence-electron chi connectivity index (χ3n) is 5.78. The van der Waals surface area contributed by atoms with Gasteiger partial charge in [-0.05, 0) is 49.2 Å². The zero-order valence-corrected chi connectivity index (χ0v) is 20.5. The number of nitrogens with zero attached hydrogens (tertiary/aromatic N) is 5. The zero-order chi connectivity index (χ0) is 24.4. The predicted molar refractivity (Wildman–Crippen MR) is 136 cm³/mol. The van der Waals surface area contributed by atoms with Crippen LogP contribution in [0.15, 0.2) is 59.4 Å². The molecule has 0 aliphatic heterocycles. The number of ether oxygens (including phenoxy) is 1. The van der Waals surface area contributed by atoms with E-state index in [1.54, 1.807) is 13.3 Å². The molecule has 0 bridgehead atoms. The number of methoxy groups -OCH3 is 1. The van der Waals surface area contributed by atoms with E-state index < -0.39 is 0 Å². The number of halogens is 1. The van der Waals surface area contributed by atoms with Gasteiger partial charge < -0.3 is 14.6 Å². The summed E-state index contributed by atoms with van der Waals surface area (Å²) in [6.45, 7) is 5.66. The van der Waals surface area contributed by atoms with Gasteiger partial charge in [0, 0.05) is 35.8 Å². The third-order valence-corrected chi connectivity index (χ3v) is 6.02. The van der Waals surface area contributed by atoms with Crippen LogP contribution >= 0.6 is 11.6 Å². The molecule has 3 heterocycles. The quantitative estimate of drug-likeness (QED) is 0.300. The molecule has 3 aromatic heterocycles. The van der Waals surface area contributed by atoms with Crippen molar-refractivity contribution in [2.24, 2.45) is 0 Å². The van der Waals surface area contributed by atoms with Crippen molar-refractivity contribution in [1.82, 2.24) is 24.9 Å². The van der Waals surface area contributed by atoms with Gasteiger partial charge in [-0.15, -0.1) is 0 Å². The minimum atomic E-state index is 0.564. The first-order valence-corrected chi connectivity index (χ1v) is 11.6. The van der Waals surface area contributed by atoms with Crippen LogP contribution in [0.25, 0.3) is 33.4 Å². The highest BCUT2D eigenvalue weighted by Crippen LogP contribution is 2.32. The molecule has 1 N–H and O–H groups in total. The van der Waals surface area contributed by atoms with Crippen LogP contribution in [-0.4, -0.2) is 38.6 Å². The van der Waals surface area contributed by atoms with Gasteiger partial charge in [0.25, 0.3) is 0 Å². The first kappa shape index (κ1) is 23.0. The summed E-state index contributed by atoms with van der Waals surface area (Å²) in [5, 5.41) is 13.6. The molecule has 0 saturated carbocycles. The molecule has 0 aliphatic carbocycles. The highest BCUT2D eigenvalue weighted by Gasteiger charge is 2.16. The molecule has 0 fully saturated rings. The number of rotatable bonds is 8. The second kappa shape index (κ2) is 9.85. The van der Waals surface area contributed by atoms with E-state index in [4.69, 9.17) is 30.8 Å². The number of hydrogen-bond donors (Lipinski definition) is 1. The molecule has 9 heteroatoms. The Bertz CT molecular complexity index is 1470. The van der Waals surface area contributed by atoms with Crippen LogP contribution in [0.4, 0.5) is 5.82 Å². The lowest BCUT2D eigenvalue weighted by molar-refractivity contribution is 0.183. The maximum atomic E-state index is 6.19. The maximum absolute atomic E-state index is 6.19. The fourth-order valence-corrected chi connectivity index (χ4v) is 4.27. The van der Waals surface area contributed by atoms with E-state index in [9.17, 15) is 0 Å². The molecule has 178 valence electrons. The van der Waals surface area contributed by atoms with Gasteiger partial charge in [0.2, 0.25) is 0 Å². The van der Waals surface area contributed by atoms with E-state index in [0.717, 1.165) is 50.4 Å². The highest BCUT2D eigenvalue weighted by molar-refractivity contribution is 6.30. The van der Waals surface area contributed by atoms with Crippen LogP contribution in [0.3, 0.4) is 0 Å². The average molecular weight is 489 g/mol. The van der Waals surface area contributed by atoms with E-state index in [1.165, 1.54) is 0 Å². The molecule has 0 atom stereocenters. The van der Waals surface area contributed by atoms with Crippen molar-refractivity contribution in [3.8, 4) is 22.5 Å². The molecule has 0 spiro atoms. The topological polar surface area (TPSA) is 90.9 Å². The molecule has 0 aliphatic rings. The second-order valence-electron chi connectivity index (χ2n) is 8.30. The molecule has 0 unspecified atom stereocenters. The maximum Gasteiger partial charge on any atom is 0.165 e. The fraction of sp³-hybridized carbons (Fsp3) is 0.231. The van der Waals surface area contributed by atoms with Gasteiger partial charge in [0.05, 0.1) is 36.1 Å². The van der Waals surface area contributed by atoms with Gasteiger partial charge in [-0.3, -0.25) is 4.68 Å². The largest absolute Gasteiger partial charge is 0.383 e. The lowest BCUT2D eigenvalue weighted by Gasteiger charge is -2.12. The van der Waals surface area contributed by atoms with Crippen LogP contribution < -0.4 is 5.32 Å². The normalized spacial score (nSPS) is 11.3. The van der Waals surface area contributed by atoms with Crippen molar-refractivity contribution in [3.63, 3.8) is 0 Å². The second-order valence-corrected chi connectivity index (χ2v) is 8.73. The molecule has 5 aromatic rings. The minimum absolute atomic E-state index is 0.564. The summed E-state index contributed by atoms with van der Waals surface area (Å²) in [5.74, 6) is 2.10. The molecule has 5 rings (SSSR count). The van der Waals surface area contributed by atoms with Gasteiger partial charge in [-0.1, -0.05) is 35.0 Å². The molecule has 0 saturated heterocycles. The van der Waals surface area contributed by atoms with Crippen LogP contribution in [0.5, 0.6) is 0 Å². The number of aryl methyl sites for hydroxylation is 2. The molecular weight excluding hydrogens is 464 g/mol.